The van der Waals surface area contributed by atoms with Crippen molar-refractivity contribution in [3.8, 4) is 0 Å². The van der Waals surface area contributed by atoms with Gasteiger partial charge in [0.15, 0.2) is 5.65 Å². The van der Waals surface area contributed by atoms with Gasteiger partial charge in [-0.05, 0) is 44.7 Å². The van der Waals surface area contributed by atoms with Crippen LogP contribution >= 0.6 is 0 Å². The van der Waals surface area contributed by atoms with Crippen molar-refractivity contribution in [1.82, 2.24) is 19.5 Å². The van der Waals surface area contributed by atoms with Crippen molar-refractivity contribution in [2.45, 2.75) is 45.6 Å². The number of hydrogen-bond donors (Lipinski definition) is 1. The molecule has 1 atom stereocenters. The van der Waals surface area contributed by atoms with E-state index >= 15 is 0 Å². The molecule has 3 aromatic rings. The minimum Gasteiger partial charge on any atom is -0.384 e. The molecule has 5 rings (SSSR count). The molecule has 0 saturated carbocycles. The lowest BCUT2D eigenvalue weighted by Gasteiger charge is -2.33. The van der Waals surface area contributed by atoms with Crippen molar-refractivity contribution in [2.24, 2.45) is 0 Å². The number of benzene rings is 1. The first-order valence-electron chi connectivity index (χ1n) is 12.4. The quantitative estimate of drug-likeness (QED) is 0.619. The van der Waals surface area contributed by atoms with Crippen LogP contribution in [-0.2, 0) is 0 Å². The van der Waals surface area contributed by atoms with Gasteiger partial charge in [0, 0.05) is 58.1 Å². The lowest BCUT2D eigenvalue weighted by atomic mass is 10.0. The Morgan fingerprint density at radius 3 is 2.62 bits per heavy atom. The maximum atomic E-state index is 13.7. The molecule has 1 N–H and O–H groups in total. The molecule has 0 spiro atoms. The van der Waals surface area contributed by atoms with Crippen LogP contribution in [0, 0.1) is 6.92 Å². The van der Waals surface area contributed by atoms with E-state index in [4.69, 9.17) is 10.1 Å². The van der Waals surface area contributed by atoms with E-state index in [-0.39, 0.29) is 11.9 Å². The van der Waals surface area contributed by atoms with Crippen molar-refractivity contribution in [3.05, 3.63) is 47.2 Å². The van der Waals surface area contributed by atoms with Gasteiger partial charge in [-0.15, -0.1) is 0 Å². The second-order valence-corrected chi connectivity index (χ2v) is 9.60. The minimum absolute atomic E-state index is 0.0107. The Balaban J connectivity index is 1.61. The van der Waals surface area contributed by atoms with Crippen molar-refractivity contribution in [3.63, 3.8) is 0 Å². The summed E-state index contributed by atoms with van der Waals surface area (Å²) >= 11 is 0. The van der Waals surface area contributed by atoms with Crippen molar-refractivity contribution in [1.29, 1.82) is 0 Å². The Kier molecular flexibility index (Phi) is 6.06. The van der Waals surface area contributed by atoms with Crippen LogP contribution < -0.4 is 15.1 Å². The predicted octanol–water partition coefficient (Wildman–Crippen LogP) is 4.11. The number of hydrogen-bond acceptors (Lipinski definition) is 6. The first-order valence-corrected chi connectivity index (χ1v) is 12.4. The summed E-state index contributed by atoms with van der Waals surface area (Å²) in [4.78, 5) is 25.1. The van der Waals surface area contributed by atoms with Crippen LogP contribution in [-0.4, -0.2) is 65.7 Å². The van der Waals surface area contributed by atoms with Gasteiger partial charge >= 0.3 is 0 Å². The van der Waals surface area contributed by atoms with Crippen molar-refractivity contribution >= 4 is 28.9 Å². The summed E-state index contributed by atoms with van der Waals surface area (Å²) in [5.41, 5.74) is 4.41. The highest BCUT2D eigenvalue weighted by molar-refractivity contribution is 6.00. The van der Waals surface area contributed by atoms with E-state index in [1.807, 2.05) is 35.5 Å². The Hall–Kier alpha value is -3.29. The molecule has 0 unspecified atom stereocenters. The van der Waals surface area contributed by atoms with Gasteiger partial charge in [0.2, 0.25) is 0 Å². The smallest absolute Gasteiger partial charge is 0.256 e. The molecule has 180 valence electrons. The molecule has 2 aromatic heterocycles. The summed E-state index contributed by atoms with van der Waals surface area (Å²) in [7, 11) is 4.02. The third-order valence-electron chi connectivity index (χ3n) is 7.14. The van der Waals surface area contributed by atoms with Crippen LogP contribution in [0.25, 0.3) is 5.65 Å². The fourth-order valence-corrected chi connectivity index (χ4v) is 4.92. The number of carbonyl (C=O) groups excluding carboxylic acids is 1. The minimum atomic E-state index is -0.140. The Bertz CT molecular complexity index is 1200. The molecule has 1 aromatic carbocycles. The Morgan fingerprint density at radius 2 is 1.88 bits per heavy atom. The molecule has 2 bridgehead atoms. The van der Waals surface area contributed by atoms with Gasteiger partial charge in [-0.2, -0.15) is 9.61 Å². The number of aromatic nitrogens is 3. The van der Waals surface area contributed by atoms with E-state index in [1.54, 1.807) is 0 Å². The number of fused-ring (bicyclic) bond motifs is 2. The molecule has 1 amide bonds. The second kappa shape index (κ2) is 9.16. The number of nitrogens with one attached hydrogen (secondary N) is 1. The van der Waals surface area contributed by atoms with Crippen LogP contribution in [0.1, 0.15) is 60.3 Å². The summed E-state index contributed by atoms with van der Waals surface area (Å²) in [6, 6.07) is 10.1. The Labute approximate surface area is 201 Å². The highest BCUT2D eigenvalue weighted by Crippen LogP contribution is 2.31. The first kappa shape index (κ1) is 22.5. The standard InChI is InChI=1S/C26H35N7O/c1-5-22-21-16-24-28-23(32-13-8-14-32)17-25(33(24)29-21)30(3)12-7-6-11-27-20-10-9-18(2)15-19(20)26(34)31(22)4/h9-10,15-17,22,27H,5-8,11-14H2,1-4H3/t22-/m0/s1. The average molecular weight is 462 g/mol. The molecule has 8 nitrogen and oxygen atoms in total. The van der Waals surface area contributed by atoms with Crippen LogP contribution in [0.4, 0.5) is 17.3 Å². The monoisotopic (exact) mass is 461 g/mol. The van der Waals surface area contributed by atoms with Crippen LogP contribution in [0.2, 0.25) is 0 Å². The zero-order valence-electron chi connectivity index (χ0n) is 20.7. The van der Waals surface area contributed by atoms with Crippen LogP contribution in [0.15, 0.2) is 30.3 Å². The number of nitrogens with zero attached hydrogens (tertiary/aromatic N) is 6. The molecule has 0 radical (unpaired) electrons. The molecule has 2 aliphatic heterocycles. The number of rotatable bonds is 2. The first-order chi connectivity index (χ1) is 16.5. The molecule has 8 heteroatoms. The highest BCUT2D eigenvalue weighted by Gasteiger charge is 2.27. The topological polar surface area (TPSA) is 69.0 Å². The van der Waals surface area contributed by atoms with Crippen LogP contribution in [0.3, 0.4) is 0 Å². The molecular formula is C26H35N7O. The van der Waals surface area contributed by atoms with Gasteiger partial charge in [-0.25, -0.2) is 4.98 Å². The zero-order valence-corrected chi connectivity index (χ0v) is 20.7. The summed E-state index contributed by atoms with van der Waals surface area (Å²) in [6.45, 7) is 7.98. The van der Waals surface area contributed by atoms with Gasteiger partial charge in [0.05, 0.1) is 17.3 Å². The van der Waals surface area contributed by atoms with Gasteiger partial charge in [-0.1, -0.05) is 18.6 Å². The van der Waals surface area contributed by atoms with E-state index in [0.717, 1.165) is 85.2 Å². The fraction of sp³-hybridized carbons (Fsp3) is 0.500. The zero-order chi connectivity index (χ0) is 23.8. The molecule has 34 heavy (non-hydrogen) atoms. The highest BCUT2D eigenvalue weighted by atomic mass is 16.2. The maximum absolute atomic E-state index is 13.7. The fourth-order valence-electron chi connectivity index (χ4n) is 4.92. The van der Waals surface area contributed by atoms with Gasteiger partial charge in [0.25, 0.3) is 5.91 Å². The molecule has 1 fully saturated rings. The average Bonchev–Trinajstić information content (AvgIpc) is 3.20. The van der Waals surface area contributed by atoms with Crippen molar-refractivity contribution in [2.75, 3.05) is 55.4 Å². The second-order valence-electron chi connectivity index (χ2n) is 9.60. The van der Waals surface area contributed by atoms with E-state index in [1.165, 1.54) is 6.42 Å². The number of anilines is 3. The third-order valence-corrected chi connectivity index (χ3v) is 7.14. The third kappa shape index (κ3) is 4.06. The summed E-state index contributed by atoms with van der Waals surface area (Å²) < 4.78 is 1.95. The molecule has 2 aliphatic rings. The summed E-state index contributed by atoms with van der Waals surface area (Å²) in [5.74, 6) is 2.07. The Morgan fingerprint density at radius 1 is 1.06 bits per heavy atom. The number of amides is 1. The van der Waals surface area contributed by atoms with E-state index < -0.39 is 0 Å². The molecule has 1 saturated heterocycles. The van der Waals surface area contributed by atoms with Crippen molar-refractivity contribution < 1.29 is 4.79 Å². The van der Waals surface area contributed by atoms with Gasteiger partial charge in [0.1, 0.15) is 11.6 Å². The lowest BCUT2D eigenvalue weighted by molar-refractivity contribution is 0.0723. The normalized spacial score (nSPS) is 19.5. The summed E-state index contributed by atoms with van der Waals surface area (Å²) in [5, 5.41) is 8.51. The number of aryl methyl sites for hydroxylation is 1. The summed E-state index contributed by atoms with van der Waals surface area (Å²) in [6.07, 6.45) is 4.02. The molecule has 4 heterocycles. The lowest BCUT2D eigenvalue weighted by Crippen LogP contribution is -2.38. The van der Waals surface area contributed by atoms with E-state index in [2.05, 4.69) is 47.3 Å². The number of carbonyl (C=O) groups is 1. The van der Waals surface area contributed by atoms with E-state index in [0.29, 0.717) is 0 Å². The maximum Gasteiger partial charge on any atom is 0.256 e. The van der Waals surface area contributed by atoms with Crippen LogP contribution in [0.5, 0.6) is 0 Å². The van der Waals surface area contributed by atoms with Gasteiger partial charge < -0.3 is 20.0 Å². The molecular weight excluding hydrogens is 426 g/mol. The predicted molar refractivity (Wildman–Crippen MR) is 137 cm³/mol. The largest absolute Gasteiger partial charge is 0.384 e. The van der Waals surface area contributed by atoms with Gasteiger partial charge in [-0.3, -0.25) is 4.79 Å². The SMILES string of the molecule is CC[C@H]1c2cc3nc(N4CCC4)cc(n3n2)N(C)CCCCNc2ccc(C)cc2C(=O)N1C. The van der Waals surface area contributed by atoms with E-state index in [9.17, 15) is 4.79 Å². The molecule has 0 aliphatic carbocycles.